The molecule has 0 aliphatic carbocycles. The Hall–Kier alpha value is -0.120. The van der Waals surface area contributed by atoms with Crippen LogP contribution in [0.1, 0.15) is 20.3 Å². The zero-order valence-corrected chi connectivity index (χ0v) is 8.84. The molecule has 1 aliphatic rings. The van der Waals surface area contributed by atoms with Crippen LogP contribution in [-0.4, -0.2) is 49.3 Å². The Balaban J connectivity index is 2.28. The van der Waals surface area contributed by atoms with Gasteiger partial charge in [-0.3, -0.25) is 0 Å². The molecule has 3 heteroatoms. The molecule has 13 heavy (non-hydrogen) atoms. The van der Waals surface area contributed by atoms with Gasteiger partial charge in [0.25, 0.3) is 0 Å². The van der Waals surface area contributed by atoms with Gasteiger partial charge in [-0.1, -0.05) is 13.8 Å². The first-order valence-corrected chi connectivity index (χ1v) is 5.18. The number of aliphatic hydroxyl groups excluding tert-OH is 1. The molecule has 0 amide bonds. The van der Waals surface area contributed by atoms with E-state index in [-0.39, 0.29) is 5.41 Å². The second-order valence-corrected chi connectivity index (χ2v) is 4.66. The predicted octanol–water partition coefficient (Wildman–Crippen LogP) is 0.300. The van der Waals surface area contributed by atoms with Crippen molar-refractivity contribution in [3.05, 3.63) is 0 Å². The highest BCUT2D eigenvalue weighted by atomic mass is 16.3. The highest BCUT2D eigenvalue weighted by Gasteiger charge is 2.21. The highest BCUT2D eigenvalue weighted by molar-refractivity contribution is 4.76. The average molecular weight is 186 g/mol. The number of nitrogens with zero attached hydrogens (tertiary/aromatic N) is 1. The maximum Gasteiger partial charge on any atom is 0.0436 e. The molecule has 0 aromatic heterocycles. The summed E-state index contributed by atoms with van der Waals surface area (Å²) in [4.78, 5) is 2.48. The fraction of sp³-hybridized carbons (Fsp3) is 1.00. The predicted molar refractivity (Wildman–Crippen MR) is 54.8 cm³/mol. The van der Waals surface area contributed by atoms with Crippen LogP contribution in [0, 0.1) is 5.41 Å². The molecule has 0 bridgehead atoms. The van der Waals surface area contributed by atoms with Gasteiger partial charge < -0.3 is 15.3 Å². The van der Waals surface area contributed by atoms with Gasteiger partial charge in [-0.05, 0) is 11.8 Å². The Morgan fingerprint density at radius 1 is 1.31 bits per heavy atom. The molecule has 0 radical (unpaired) electrons. The third-order valence-electron chi connectivity index (χ3n) is 2.65. The van der Waals surface area contributed by atoms with Gasteiger partial charge >= 0.3 is 0 Å². The lowest BCUT2D eigenvalue weighted by atomic mass is 9.89. The summed E-state index contributed by atoms with van der Waals surface area (Å²) in [5, 5.41) is 12.2. The van der Waals surface area contributed by atoms with E-state index in [0.29, 0.717) is 6.61 Å². The Labute approximate surface area is 81.1 Å². The van der Waals surface area contributed by atoms with Crippen molar-refractivity contribution in [1.82, 2.24) is 10.2 Å². The second kappa shape index (κ2) is 4.94. The van der Waals surface area contributed by atoms with Crippen LogP contribution in [0.3, 0.4) is 0 Å². The van der Waals surface area contributed by atoms with Crippen LogP contribution >= 0.6 is 0 Å². The molecular formula is C10H22N2O. The monoisotopic (exact) mass is 186 g/mol. The van der Waals surface area contributed by atoms with E-state index in [0.717, 1.165) is 39.1 Å². The van der Waals surface area contributed by atoms with Crippen molar-refractivity contribution in [1.29, 1.82) is 0 Å². The van der Waals surface area contributed by atoms with Crippen LogP contribution in [0.2, 0.25) is 0 Å². The minimum Gasteiger partial charge on any atom is -0.396 e. The SMILES string of the molecule is CC(C)(CCO)CN1CCNCC1. The summed E-state index contributed by atoms with van der Waals surface area (Å²) in [6.45, 7) is 10.4. The summed E-state index contributed by atoms with van der Waals surface area (Å²) < 4.78 is 0. The molecule has 1 fully saturated rings. The van der Waals surface area contributed by atoms with Crippen molar-refractivity contribution < 1.29 is 5.11 Å². The number of aliphatic hydroxyl groups is 1. The molecule has 3 nitrogen and oxygen atoms in total. The molecule has 78 valence electrons. The minimum absolute atomic E-state index is 0.256. The molecule has 2 N–H and O–H groups in total. The van der Waals surface area contributed by atoms with E-state index in [1.165, 1.54) is 0 Å². The van der Waals surface area contributed by atoms with E-state index in [1.807, 2.05) is 0 Å². The fourth-order valence-corrected chi connectivity index (χ4v) is 1.86. The standard InChI is InChI=1S/C10H22N2O/c1-10(2,3-8-13)9-12-6-4-11-5-7-12/h11,13H,3-9H2,1-2H3. The first kappa shape index (κ1) is 11.0. The Bertz CT molecular complexity index is 142. The van der Waals surface area contributed by atoms with Gasteiger partial charge in [0.1, 0.15) is 0 Å². The minimum atomic E-state index is 0.256. The van der Waals surface area contributed by atoms with E-state index < -0.39 is 0 Å². The quantitative estimate of drug-likeness (QED) is 0.663. The molecule has 0 aromatic rings. The molecule has 1 aliphatic heterocycles. The van der Waals surface area contributed by atoms with E-state index in [4.69, 9.17) is 5.11 Å². The van der Waals surface area contributed by atoms with Crippen LogP contribution in [0.15, 0.2) is 0 Å². The third-order valence-corrected chi connectivity index (χ3v) is 2.65. The van der Waals surface area contributed by atoms with Gasteiger partial charge in [-0.15, -0.1) is 0 Å². The summed E-state index contributed by atoms with van der Waals surface area (Å²) in [5.74, 6) is 0. The Kier molecular flexibility index (Phi) is 4.16. The summed E-state index contributed by atoms with van der Waals surface area (Å²) in [6, 6.07) is 0. The topological polar surface area (TPSA) is 35.5 Å². The summed E-state index contributed by atoms with van der Waals surface area (Å²) >= 11 is 0. The molecule has 0 unspecified atom stereocenters. The van der Waals surface area contributed by atoms with Crippen molar-refractivity contribution in [3.8, 4) is 0 Å². The summed E-state index contributed by atoms with van der Waals surface area (Å²) in [6.07, 6.45) is 0.900. The number of hydrogen-bond acceptors (Lipinski definition) is 3. The molecular weight excluding hydrogens is 164 g/mol. The van der Waals surface area contributed by atoms with E-state index in [9.17, 15) is 0 Å². The van der Waals surface area contributed by atoms with Gasteiger partial charge in [0.2, 0.25) is 0 Å². The van der Waals surface area contributed by atoms with Gasteiger partial charge in [-0.2, -0.15) is 0 Å². The first-order valence-electron chi connectivity index (χ1n) is 5.18. The Morgan fingerprint density at radius 2 is 1.92 bits per heavy atom. The van der Waals surface area contributed by atoms with Gasteiger partial charge in [0.15, 0.2) is 0 Å². The molecule has 1 heterocycles. The largest absolute Gasteiger partial charge is 0.396 e. The maximum absolute atomic E-state index is 8.90. The van der Waals surface area contributed by atoms with Crippen molar-refractivity contribution in [2.45, 2.75) is 20.3 Å². The second-order valence-electron chi connectivity index (χ2n) is 4.66. The zero-order valence-electron chi connectivity index (χ0n) is 8.84. The van der Waals surface area contributed by atoms with Gasteiger partial charge in [0.05, 0.1) is 0 Å². The lowest BCUT2D eigenvalue weighted by Crippen LogP contribution is -2.47. The normalized spacial score (nSPS) is 20.5. The number of nitrogens with one attached hydrogen (secondary N) is 1. The van der Waals surface area contributed by atoms with E-state index in [1.54, 1.807) is 0 Å². The molecule has 0 atom stereocenters. The first-order chi connectivity index (χ1) is 6.14. The van der Waals surface area contributed by atoms with Gasteiger partial charge in [0, 0.05) is 39.3 Å². The highest BCUT2D eigenvalue weighted by Crippen LogP contribution is 2.21. The van der Waals surface area contributed by atoms with Gasteiger partial charge in [-0.25, -0.2) is 0 Å². The van der Waals surface area contributed by atoms with E-state index in [2.05, 4.69) is 24.1 Å². The summed E-state index contributed by atoms with van der Waals surface area (Å²) in [5.41, 5.74) is 0.256. The average Bonchev–Trinajstić information content (AvgIpc) is 2.04. The van der Waals surface area contributed by atoms with Crippen molar-refractivity contribution in [2.75, 3.05) is 39.3 Å². The smallest absolute Gasteiger partial charge is 0.0436 e. The zero-order chi connectivity index (χ0) is 9.73. The van der Waals surface area contributed by atoms with Crippen LogP contribution in [0.4, 0.5) is 0 Å². The van der Waals surface area contributed by atoms with Crippen LogP contribution in [0.5, 0.6) is 0 Å². The molecule has 1 rings (SSSR count). The summed E-state index contributed by atoms with van der Waals surface area (Å²) in [7, 11) is 0. The maximum atomic E-state index is 8.90. The van der Waals surface area contributed by atoms with Crippen LogP contribution in [-0.2, 0) is 0 Å². The third kappa shape index (κ3) is 4.07. The fourth-order valence-electron chi connectivity index (χ4n) is 1.86. The number of piperazine rings is 1. The molecule has 0 spiro atoms. The lowest BCUT2D eigenvalue weighted by Gasteiger charge is -2.34. The Morgan fingerprint density at radius 3 is 2.46 bits per heavy atom. The van der Waals surface area contributed by atoms with E-state index >= 15 is 0 Å². The molecule has 0 saturated carbocycles. The molecule has 1 saturated heterocycles. The van der Waals surface area contributed by atoms with Crippen LogP contribution < -0.4 is 5.32 Å². The van der Waals surface area contributed by atoms with Crippen LogP contribution in [0.25, 0.3) is 0 Å². The van der Waals surface area contributed by atoms with Crippen molar-refractivity contribution in [2.24, 2.45) is 5.41 Å². The molecule has 0 aromatic carbocycles. The number of hydrogen-bond donors (Lipinski definition) is 2. The number of rotatable bonds is 4. The van der Waals surface area contributed by atoms with Crippen molar-refractivity contribution >= 4 is 0 Å². The van der Waals surface area contributed by atoms with Crippen molar-refractivity contribution in [3.63, 3.8) is 0 Å². The lowest BCUT2D eigenvalue weighted by molar-refractivity contribution is 0.130.